The van der Waals surface area contributed by atoms with Crippen molar-refractivity contribution >= 4 is 27.3 Å². The maximum atomic E-state index is 11.9. The van der Waals surface area contributed by atoms with E-state index in [-0.39, 0.29) is 17.5 Å². The molecule has 140 valence electrons. The molecular weight excluding hydrogens is 348 g/mol. The fourth-order valence-corrected chi connectivity index (χ4v) is 5.24. The van der Waals surface area contributed by atoms with E-state index in [1.807, 2.05) is 52.0 Å². The highest BCUT2D eigenvalue weighted by Gasteiger charge is 2.32. The first kappa shape index (κ1) is 18.6. The van der Waals surface area contributed by atoms with E-state index in [1.165, 1.54) is 0 Å². The predicted octanol–water partition coefficient (Wildman–Crippen LogP) is 3.16. The Balaban J connectivity index is 1.92. The molecular formula is C19H26N4O2S. The lowest BCUT2D eigenvalue weighted by atomic mass is 10.1. The Morgan fingerprint density at radius 3 is 2.46 bits per heavy atom. The van der Waals surface area contributed by atoms with Crippen LogP contribution in [0.2, 0.25) is 0 Å². The molecule has 0 saturated carbocycles. The molecule has 26 heavy (non-hydrogen) atoms. The van der Waals surface area contributed by atoms with Crippen molar-refractivity contribution in [2.24, 2.45) is 0 Å². The van der Waals surface area contributed by atoms with Gasteiger partial charge in [-0.05, 0) is 45.2 Å². The molecule has 2 heterocycles. The van der Waals surface area contributed by atoms with Crippen molar-refractivity contribution in [3.63, 3.8) is 0 Å². The monoisotopic (exact) mass is 374 g/mol. The number of hydrogen-bond donors (Lipinski definition) is 1. The summed E-state index contributed by atoms with van der Waals surface area (Å²) in [7, 11) is -2.94. The second kappa shape index (κ2) is 7.23. The van der Waals surface area contributed by atoms with E-state index in [0.29, 0.717) is 18.9 Å². The number of anilines is 3. The second-order valence-corrected chi connectivity index (χ2v) is 9.15. The third-order valence-electron chi connectivity index (χ3n) is 4.84. The van der Waals surface area contributed by atoms with Crippen molar-refractivity contribution in [2.45, 2.75) is 40.2 Å². The molecule has 1 aromatic heterocycles. The van der Waals surface area contributed by atoms with Crippen LogP contribution in [0.4, 0.5) is 17.5 Å². The molecule has 1 aromatic carbocycles. The van der Waals surface area contributed by atoms with Crippen LogP contribution in [0.15, 0.2) is 24.3 Å². The van der Waals surface area contributed by atoms with Crippen molar-refractivity contribution in [3.05, 3.63) is 41.1 Å². The van der Waals surface area contributed by atoms with E-state index in [2.05, 4.69) is 20.2 Å². The summed E-state index contributed by atoms with van der Waals surface area (Å²) in [4.78, 5) is 11.3. The number of para-hydroxylation sites is 1. The lowest BCUT2D eigenvalue weighted by Crippen LogP contribution is -2.37. The number of benzene rings is 1. The highest BCUT2D eigenvalue weighted by molar-refractivity contribution is 7.91. The van der Waals surface area contributed by atoms with Gasteiger partial charge in [0, 0.05) is 30.0 Å². The van der Waals surface area contributed by atoms with Crippen LogP contribution in [-0.2, 0) is 9.84 Å². The molecule has 1 saturated heterocycles. The van der Waals surface area contributed by atoms with Gasteiger partial charge in [-0.3, -0.25) is 0 Å². The maximum absolute atomic E-state index is 11.9. The van der Waals surface area contributed by atoms with Crippen molar-refractivity contribution in [3.8, 4) is 0 Å². The minimum Gasteiger partial charge on any atom is -0.353 e. The third kappa shape index (κ3) is 3.98. The van der Waals surface area contributed by atoms with Gasteiger partial charge in [0.15, 0.2) is 9.84 Å². The van der Waals surface area contributed by atoms with Crippen LogP contribution in [-0.4, -0.2) is 42.5 Å². The van der Waals surface area contributed by atoms with E-state index in [4.69, 9.17) is 0 Å². The molecule has 0 radical (unpaired) electrons. The van der Waals surface area contributed by atoms with Gasteiger partial charge in [-0.25, -0.2) is 13.4 Å². The minimum atomic E-state index is -2.94. The smallest absolute Gasteiger partial charge is 0.229 e. The van der Waals surface area contributed by atoms with Crippen molar-refractivity contribution in [1.82, 2.24) is 9.97 Å². The van der Waals surface area contributed by atoms with E-state index in [1.54, 1.807) is 0 Å². The van der Waals surface area contributed by atoms with Gasteiger partial charge in [-0.15, -0.1) is 0 Å². The highest BCUT2D eigenvalue weighted by atomic mass is 32.2. The van der Waals surface area contributed by atoms with Gasteiger partial charge in [0.25, 0.3) is 0 Å². The zero-order valence-electron chi connectivity index (χ0n) is 15.8. The number of hydrogen-bond acceptors (Lipinski definition) is 6. The lowest BCUT2D eigenvalue weighted by Gasteiger charge is -2.28. The van der Waals surface area contributed by atoms with Crippen molar-refractivity contribution < 1.29 is 8.42 Å². The largest absolute Gasteiger partial charge is 0.353 e. The molecule has 0 spiro atoms. The average Bonchev–Trinajstić information content (AvgIpc) is 2.91. The van der Waals surface area contributed by atoms with Crippen LogP contribution in [0.3, 0.4) is 0 Å². The molecule has 6 nitrogen and oxygen atoms in total. The van der Waals surface area contributed by atoms with Gasteiger partial charge in [-0.2, -0.15) is 4.98 Å². The van der Waals surface area contributed by atoms with Gasteiger partial charge in [0.1, 0.15) is 5.82 Å². The summed E-state index contributed by atoms with van der Waals surface area (Å²) < 4.78 is 23.7. The molecule has 1 aliphatic rings. The molecule has 0 amide bonds. The fourth-order valence-electron chi connectivity index (χ4n) is 3.51. The summed E-state index contributed by atoms with van der Waals surface area (Å²) in [6.07, 6.45) is 0.652. The molecule has 0 aliphatic carbocycles. The summed E-state index contributed by atoms with van der Waals surface area (Å²) in [6, 6.07) is 8.02. The molecule has 2 aromatic rings. The first-order chi connectivity index (χ1) is 12.3. The number of aryl methyl sites for hydroxylation is 3. The number of rotatable bonds is 5. The van der Waals surface area contributed by atoms with Crippen LogP contribution in [0.1, 0.15) is 30.2 Å². The molecule has 3 rings (SSSR count). The summed E-state index contributed by atoms with van der Waals surface area (Å²) in [5, 5.41) is 3.34. The average molecular weight is 375 g/mol. The van der Waals surface area contributed by atoms with Crippen LogP contribution >= 0.6 is 0 Å². The van der Waals surface area contributed by atoms with Crippen LogP contribution < -0.4 is 10.2 Å². The Bertz CT molecular complexity index is 892. The van der Waals surface area contributed by atoms with Crippen molar-refractivity contribution in [2.75, 3.05) is 28.3 Å². The molecule has 0 bridgehead atoms. The topological polar surface area (TPSA) is 75.2 Å². The minimum absolute atomic E-state index is 0.0210. The number of sulfone groups is 1. The lowest BCUT2D eigenvalue weighted by molar-refractivity contribution is 0.599. The van der Waals surface area contributed by atoms with Gasteiger partial charge < -0.3 is 10.2 Å². The summed E-state index contributed by atoms with van der Waals surface area (Å²) in [5.74, 6) is 1.77. The molecule has 7 heteroatoms. The Labute approximate surface area is 155 Å². The first-order valence-electron chi connectivity index (χ1n) is 8.95. The van der Waals surface area contributed by atoms with Crippen molar-refractivity contribution in [1.29, 1.82) is 0 Å². The van der Waals surface area contributed by atoms with Gasteiger partial charge >= 0.3 is 0 Å². The summed E-state index contributed by atoms with van der Waals surface area (Å²) >= 11 is 0. The van der Waals surface area contributed by atoms with Gasteiger partial charge in [-0.1, -0.05) is 18.2 Å². The normalized spacial score (nSPS) is 18.7. The van der Waals surface area contributed by atoms with E-state index >= 15 is 0 Å². The molecule has 1 aliphatic heterocycles. The molecule has 1 N–H and O–H groups in total. The Kier molecular flexibility index (Phi) is 5.18. The Hall–Kier alpha value is -2.15. The SMILES string of the molecule is CCN(c1cc(C)nc(Nc2c(C)cccc2C)n1)C1CCS(=O)(=O)C1. The number of nitrogens with one attached hydrogen (secondary N) is 1. The standard InChI is InChI=1S/C19H26N4O2S/c1-5-23(16-9-10-26(24,25)12-16)17-11-15(4)20-19(21-17)22-18-13(2)7-6-8-14(18)3/h6-8,11,16H,5,9-10,12H2,1-4H3,(H,20,21,22). The van der Waals surface area contributed by atoms with E-state index in [9.17, 15) is 8.42 Å². The zero-order chi connectivity index (χ0) is 18.9. The molecule has 1 unspecified atom stereocenters. The highest BCUT2D eigenvalue weighted by Crippen LogP contribution is 2.27. The second-order valence-electron chi connectivity index (χ2n) is 6.93. The third-order valence-corrected chi connectivity index (χ3v) is 6.59. The van der Waals surface area contributed by atoms with Gasteiger partial charge in [0.2, 0.25) is 5.95 Å². The Morgan fingerprint density at radius 1 is 1.19 bits per heavy atom. The van der Waals surface area contributed by atoms with E-state index < -0.39 is 9.84 Å². The van der Waals surface area contributed by atoms with Crippen LogP contribution in [0.5, 0.6) is 0 Å². The van der Waals surface area contributed by atoms with E-state index in [0.717, 1.165) is 28.3 Å². The zero-order valence-corrected chi connectivity index (χ0v) is 16.6. The maximum Gasteiger partial charge on any atom is 0.229 e. The van der Waals surface area contributed by atoms with Crippen LogP contribution in [0, 0.1) is 20.8 Å². The quantitative estimate of drug-likeness (QED) is 0.866. The number of nitrogens with zero attached hydrogens (tertiary/aromatic N) is 3. The summed E-state index contributed by atoms with van der Waals surface area (Å²) in [6.45, 7) is 8.77. The predicted molar refractivity (Wildman–Crippen MR) is 106 cm³/mol. The number of aromatic nitrogens is 2. The molecule has 1 atom stereocenters. The summed E-state index contributed by atoms with van der Waals surface area (Å²) in [5.41, 5.74) is 4.12. The molecule has 1 fully saturated rings. The Morgan fingerprint density at radius 2 is 1.88 bits per heavy atom. The fraction of sp³-hybridized carbons (Fsp3) is 0.474. The first-order valence-corrected chi connectivity index (χ1v) is 10.8. The van der Waals surface area contributed by atoms with Gasteiger partial charge in [0.05, 0.1) is 11.5 Å². The van der Waals surface area contributed by atoms with Crippen LogP contribution in [0.25, 0.3) is 0 Å².